The number of carbonyl (C=O) groups is 1. The second kappa shape index (κ2) is 12.2. The minimum absolute atomic E-state index is 0.196. The Bertz CT molecular complexity index is 942. The monoisotopic (exact) mass is 485 g/mol. The lowest BCUT2D eigenvalue weighted by Gasteiger charge is -2.36. The van der Waals surface area contributed by atoms with Crippen molar-refractivity contribution in [3.05, 3.63) is 58.9 Å². The predicted octanol–water partition coefficient (Wildman–Crippen LogP) is 6.35. The van der Waals surface area contributed by atoms with Gasteiger partial charge in [0, 0.05) is 5.69 Å². The number of halogens is 7. The van der Waals surface area contributed by atoms with E-state index in [-0.39, 0.29) is 11.8 Å². The molecule has 1 amide bonds. The first-order chi connectivity index (χ1) is 15.5. The van der Waals surface area contributed by atoms with Crippen molar-refractivity contribution >= 4 is 35.3 Å². The van der Waals surface area contributed by atoms with Crippen molar-refractivity contribution in [3.63, 3.8) is 0 Å². The zero-order valence-electron chi connectivity index (χ0n) is 19.1. The van der Waals surface area contributed by atoms with E-state index in [9.17, 15) is 35.5 Å². The maximum Gasteiger partial charge on any atom is 0.420 e. The molecule has 0 spiro atoms. The summed E-state index contributed by atoms with van der Waals surface area (Å²) in [5.41, 5.74) is -4.32. The summed E-state index contributed by atoms with van der Waals surface area (Å²) in [4.78, 5) is 12.8. The maximum atomic E-state index is 13.4. The van der Waals surface area contributed by atoms with Gasteiger partial charge in [-0.1, -0.05) is 32.9 Å². The number of carbonyl (C=O) groups excluding carboxylic acids is 1. The number of benzene rings is 2. The zero-order chi connectivity index (χ0) is 27.1. The quantitative estimate of drug-likeness (QED) is 0.375. The third kappa shape index (κ3) is 8.32. The van der Waals surface area contributed by atoms with Crippen LogP contribution in [0.15, 0.2) is 36.4 Å². The molecule has 0 atom stereocenters. The van der Waals surface area contributed by atoms with Gasteiger partial charge in [-0.2, -0.15) is 26.3 Å². The van der Waals surface area contributed by atoms with Crippen LogP contribution in [0.3, 0.4) is 0 Å². The van der Waals surface area contributed by atoms with Gasteiger partial charge in [-0.3, -0.25) is 4.90 Å². The van der Waals surface area contributed by atoms with Crippen LogP contribution in [0.5, 0.6) is 5.75 Å². The standard InChI is InChI=1S/C17H9B3F7NO2.2C2H6/c1-8-6-9(15(22,23)24)7-12(16(25,26)27)13(8)30-14(29)28(17(18,19)20)11-4-2-10(21)3-5-11;2*1-2/h2-7H,1H3;2*1-2H3. The van der Waals surface area contributed by atoms with Crippen LogP contribution in [0.1, 0.15) is 44.4 Å². The van der Waals surface area contributed by atoms with Crippen LogP contribution >= 0.6 is 0 Å². The number of rotatable bonds is 3. The number of amides is 1. The molecule has 0 unspecified atom stereocenters. The van der Waals surface area contributed by atoms with Crippen molar-refractivity contribution in [3.8, 4) is 5.75 Å². The molecule has 2 aromatic carbocycles. The molecule has 2 aromatic rings. The Balaban J connectivity index is 0.00000258. The summed E-state index contributed by atoms with van der Waals surface area (Å²) >= 11 is 0. The Morgan fingerprint density at radius 1 is 0.853 bits per heavy atom. The lowest BCUT2D eigenvalue weighted by molar-refractivity contribution is -0.143. The summed E-state index contributed by atoms with van der Waals surface area (Å²) in [5.74, 6) is -1.92. The molecule has 13 heteroatoms. The zero-order valence-corrected chi connectivity index (χ0v) is 19.1. The highest BCUT2D eigenvalue weighted by Gasteiger charge is 2.41. The van der Waals surface area contributed by atoms with E-state index in [1.807, 2.05) is 27.7 Å². The molecule has 34 heavy (non-hydrogen) atoms. The van der Waals surface area contributed by atoms with Gasteiger partial charge >= 0.3 is 18.4 Å². The van der Waals surface area contributed by atoms with Crippen LogP contribution < -0.4 is 9.64 Å². The van der Waals surface area contributed by atoms with Crippen molar-refractivity contribution < 1.29 is 40.3 Å². The van der Waals surface area contributed by atoms with Crippen molar-refractivity contribution in [2.75, 3.05) is 4.90 Å². The van der Waals surface area contributed by atoms with E-state index in [0.717, 1.165) is 31.2 Å². The SMILES string of the molecule is CC.CC.[B]C([B])([B])N(C(=O)Oc1c(C)cc(C(F)(F)F)cc1C(F)(F)F)c1ccc(F)cc1. The van der Waals surface area contributed by atoms with Crippen LogP contribution in [0.25, 0.3) is 0 Å². The van der Waals surface area contributed by atoms with E-state index in [0.29, 0.717) is 11.0 Å². The van der Waals surface area contributed by atoms with E-state index >= 15 is 0 Å². The Hall–Kier alpha value is -2.59. The number of nitrogens with zero attached hydrogens (tertiary/aromatic N) is 1. The third-order valence-electron chi connectivity index (χ3n) is 3.75. The summed E-state index contributed by atoms with van der Waals surface area (Å²) in [6, 6.07) is 3.92. The minimum Gasteiger partial charge on any atom is -0.409 e. The van der Waals surface area contributed by atoms with Gasteiger partial charge in [-0.25, -0.2) is 9.18 Å². The van der Waals surface area contributed by atoms with Gasteiger partial charge < -0.3 is 4.74 Å². The highest BCUT2D eigenvalue weighted by atomic mass is 19.4. The fourth-order valence-corrected chi connectivity index (χ4v) is 2.49. The fraction of sp³-hybridized carbons (Fsp3) is 0.381. The van der Waals surface area contributed by atoms with Gasteiger partial charge in [0.1, 0.15) is 11.6 Å². The average molecular weight is 485 g/mol. The summed E-state index contributed by atoms with van der Waals surface area (Å²) in [6.07, 6.45) is -12.0. The molecule has 0 saturated carbocycles. The van der Waals surface area contributed by atoms with E-state index in [1.165, 1.54) is 0 Å². The number of alkyl halides is 6. The normalized spacial score (nSPS) is 11.4. The van der Waals surface area contributed by atoms with Crippen molar-refractivity contribution in [1.82, 2.24) is 0 Å². The fourth-order valence-electron chi connectivity index (χ4n) is 2.49. The van der Waals surface area contributed by atoms with Crippen molar-refractivity contribution in [1.29, 1.82) is 0 Å². The molecule has 0 aliphatic rings. The number of aryl methyl sites for hydroxylation is 1. The molecule has 6 radical (unpaired) electrons. The van der Waals surface area contributed by atoms with Gasteiger partial charge in [0.15, 0.2) is 0 Å². The number of hydrogen-bond acceptors (Lipinski definition) is 2. The third-order valence-corrected chi connectivity index (χ3v) is 3.75. The van der Waals surface area contributed by atoms with Crippen molar-refractivity contribution in [2.24, 2.45) is 0 Å². The van der Waals surface area contributed by atoms with E-state index < -0.39 is 51.9 Å². The molecule has 2 rings (SSSR count). The molecule has 0 N–H and O–H groups in total. The van der Waals surface area contributed by atoms with Crippen LogP contribution in [-0.4, -0.2) is 34.9 Å². The number of hydrogen-bond donors (Lipinski definition) is 0. The summed E-state index contributed by atoms with van der Waals surface area (Å²) in [7, 11) is 16.4. The molecule has 180 valence electrons. The first-order valence-corrected chi connectivity index (χ1v) is 9.95. The average Bonchev–Trinajstić information content (AvgIpc) is 2.71. The van der Waals surface area contributed by atoms with Crippen LogP contribution in [-0.2, 0) is 12.4 Å². The molecule has 0 aliphatic carbocycles. The Morgan fingerprint density at radius 2 is 1.32 bits per heavy atom. The molecular weight excluding hydrogens is 464 g/mol. The minimum atomic E-state index is -5.30. The van der Waals surface area contributed by atoms with Gasteiger partial charge in [0.2, 0.25) is 0 Å². The first-order valence-electron chi connectivity index (χ1n) is 9.95. The molecule has 0 aromatic heterocycles. The largest absolute Gasteiger partial charge is 0.420 e. The predicted molar refractivity (Wildman–Crippen MR) is 119 cm³/mol. The maximum absolute atomic E-state index is 13.4. The summed E-state index contributed by atoms with van der Waals surface area (Å²) < 4.78 is 96.6. The Labute approximate surface area is 197 Å². The number of ether oxygens (including phenoxy) is 1. The number of anilines is 1. The summed E-state index contributed by atoms with van der Waals surface area (Å²) in [6.45, 7) is 8.88. The van der Waals surface area contributed by atoms with Gasteiger partial charge in [0.05, 0.1) is 34.7 Å². The van der Waals surface area contributed by atoms with Crippen LogP contribution in [0.2, 0.25) is 0 Å². The van der Waals surface area contributed by atoms with E-state index in [1.54, 1.807) is 0 Å². The highest BCUT2D eigenvalue weighted by Crippen LogP contribution is 2.42. The van der Waals surface area contributed by atoms with Crippen LogP contribution in [0.4, 0.5) is 41.2 Å². The Morgan fingerprint density at radius 3 is 1.71 bits per heavy atom. The van der Waals surface area contributed by atoms with Gasteiger partial charge in [0.25, 0.3) is 0 Å². The smallest absolute Gasteiger partial charge is 0.409 e. The summed E-state index contributed by atoms with van der Waals surface area (Å²) in [5, 5.41) is -2.51. The molecule has 0 fully saturated rings. The molecule has 0 heterocycles. The molecular formula is C21H21B3F7NO2. The Kier molecular flexibility index (Phi) is 11.3. The molecule has 0 saturated heterocycles. The molecule has 0 bridgehead atoms. The molecule has 0 aliphatic heterocycles. The lowest BCUT2D eigenvalue weighted by Crippen LogP contribution is -2.55. The van der Waals surface area contributed by atoms with E-state index in [2.05, 4.69) is 0 Å². The lowest BCUT2D eigenvalue weighted by atomic mass is 9.48. The first kappa shape index (κ1) is 31.4. The van der Waals surface area contributed by atoms with Crippen molar-refractivity contribution in [2.45, 2.75) is 52.2 Å². The second-order valence-electron chi connectivity index (χ2n) is 6.23. The molecule has 3 nitrogen and oxygen atoms in total. The van der Waals surface area contributed by atoms with E-state index in [4.69, 9.17) is 28.3 Å². The highest BCUT2D eigenvalue weighted by molar-refractivity contribution is 6.62. The van der Waals surface area contributed by atoms with Crippen LogP contribution in [0, 0.1) is 12.7 Å². The van der Waals surface area contributed by atoms with Gasteiger partial charge in [-0.05, 0) is 48.9 Å². The topological polar surface area (TPSA) is 29.5 Å². The van der Waals surface area contributed by atoms with Gasteiger partial charge in [-0.15, -0.1) is 0 Å². The second-order valence-corrected chi connectivity index (χ2v) is 6.23.